The topological polar surface area (TPSA) is 38.9 Å². The second-order valence-corrected chi connectivity index (χ2v) is 2.18. The van der Waals surface area contributed by atoms with Crippen LogP contribution in [0.1, 0.15) is 0 Å². The highest BCUT2D eigenvalue weighted by molar-refractivity contribution is 6.35. The third kappa shape index (κ3) is 1.49. The van der Waals surface area contributed by atoms with Crippen LogP contribution in [0.5, 0.6) is 0 Å². The maximum atomic E-state index is 5.52. The molecular weight excluding hydrogens is 110 g/mol. The first-order valence-electron chi connectivity index (χ1n) is 2.89. The molecule has 9 heavy (non-hydrogen) atoms. The van der Waals surface area contributed by atoms with Gasteiger partial charge in [-0.25, -0.2) is 0 Å². The molecule has 2 nitrogen and oxygen atoms in total. The molecule has 0 saturated heterocycles. The Labute approximate surface area is 56.3 Å². The van der Waals surface area contributed by atoms with Gasteiger partial charge in [-0.05, 0) is 23.3 Å². The van der Waals surface area contributed by atoms with Crippen LogP contribution < -0.4 is 16.9 Å². The van der Waals surface area contributed by atoms with Gasteiger partial charge in [-0.1, -0.05) is 0 Å². The largest absolute Gasteiger partial charge is 0.399 e. The van der Waals surface area contributed by atoms with E-state index in [0.717, 1.165) is 16.9 Å². The van der Waals surface area contributed by atoms with Gasteiger partial charge in [-0.3, -0.25) is 4.98 Å². The SMILES string of the molecule is Bc1cc(N)cc(B)n1. The van der Waals surface area contributed by atoms with Gasteiger partial charge in [0, 0.05) is 5.69 Å². The zero-order valence-corrected chi connectivity index (χ0v) is 5.68. The van der Waals surface area contributed by atoms with Crippen molar-refractivity contribution in [3.05, 3.63) is 12.1 Å². The van der Waals surface area contributed by atoms with E-state index >= 15 is 0 Å². The van der Waals surface area contributed by atoms with Gasteiger partial charge in [0.15, 0.2) is 15.7 Å². The van der Waals surface area contributed by atoms with Crippen molar-refractivity contribution in [2.75, 3.05) is 5.73 Å². The zero-order valence-electron chi connectivity index (χ0n) is 5.68. The molecule has 0 aromatic carbocycles. The fourth-order valence-corrected chi connectivity index (χ4v) is 0.867. The van der Waals surface area contributed by atoms with Crippen molar-refractivity contribution in [1.82, 2.24) is 4.98 Å². The number of aromatic nitrogens is 1. The van der Waals surface area contributed by atoms with Crippen LogP contribution in [0.3, 0.4) is 0 Å². The lowest BCUT2D eigenvalue weighted by molar-refractivity contribution is 1.46. The monoisotopic (exact) mass is 118 g/mol. The predicted molar refractivity (Wildman–Crippen MR) is 45.0 cm³/mol. The summed E-state index contributed by atoms with van der Waals surface area (Å²) in [6, 6.07) is 3.71. The molecule has 1 heterocycles. The van der Waals surface area contributed by atoms with Gasteiger partial charge in [-0.15, -0.1) is 0 Å². The minimum Gasteiger partial charge on any atom is -0.399 e. The molecule has 0 unspecified atom stereocenters. The Hall–Kier alpha value is -0.920. The van der Waals surface area contributed by atoms with E-state index in [-0.39, 0.29) is 0 Å². The molecule has 4 heteroatoms. The number of pyridine rings is 1. The summed E-state index contributed by atoms with van der Waals surface area (Å²) in [5.74, 6) is 0. The van der Waals surface area contributed by atoms with Crippen molar-refractivity contribution in [3.8, 4) is 0 Å². The highest BCUT2D eigenvalue weighted by atomic mass is 14.7. The van der Waals surface area contributed by atoms with Crippen LogP contribution in [-0.4, -0.2) is 20.7 Å². The molecule has 0 aliphatic heterocycles. The number of nitrogen functional groups attached to an aromatic ring is 1. The number of nitrogens with two attached hydrogens (primary N) is 1. The first kappa shape index (κ1) is 6.20. The van der Waals surface area contributed by atoms with E-state index in [1.165, 1.54) is 0 Å². The van der Waals surface area contributed by atoms with Gasteiger partial charge in [0.2, 0.25) is 0 Å². The molecule has 2 N–H and O–H groups in total. The Balaban J connectivity index is 3.17. The lowest BCUT2D eigenvalue weighted by atomic mass is 9.97. The summed E-state index contributed by atoms with van der Waals surface area (Å²) >= 11 is 0. The predicted octanol–water partition coefficient (Wildman–Crippen LogP) is -2.82. The molecule has 0 aliphatic carbocycles. The average molecular weight is 118 g/mol. The highest BCUT2D eigenvalue weighted by Gasteiger charge is 1.89. The fraction of sp³-hybridized carbons (Fsp3) is 0. The molecule has 0 atom stereocenters. The fourth-order valence-electron chi connectivity index (χ4n) is 0.867. The quantitative estimate of drug-likeness (QED) is 0.373. The number of rotatable bonds is 0. The van der Waals surface area contributed by atoms with Crippen LogP contribution in [0.4, 0.5) is 5.69 Å². The van der Waals surface area contributed by atoms with Gasteiger partial charge < -0.3 is 5.73 Å². The number of hydrogen-bond acceptors (Lipinski definition) is 2. The molecule has 1 rings (SSSR count). The maximum absolute atomic E-state index is 5.52. The van der Waals surface area contributed by atoms with Crippen LogP contribution in [0, 0.1) is 0 Å². The van der Waals surface area contributed by atoms with E-state index < -0.39 is 0 Å². The molecular formula is C5H8B2N2. The Morgan fingerprint density at radius 3 is 2.00 bits per heavy atom. The van der Waals surface area contributed by atoms with Gasteiger partial charge in [0.25, 0.3) is 0 Å². The van der Waals surface area contributed by atoms with E-state index in [9.17, 15) is 0 Å². The average Bonchev–Trinajstić information content (AvgIpc) is 1.59. The summed E-state index contributed by atoms with van der Waals surface area (Å²) in [5.41, 5.74) is 8.27. The number of anilines is 1. The van der Waals surface area contributed by atoms with Crippen LogP contribution >= 0.6 is 0 Å². The second kappa shape index (κ2) is 2.13. The van der Waals surface area contributed by atoms with E-state index in [2.05, 4.69) is 4.98 Å². The standard InChI is InChI=1S/C5H8B2N2/c6-4-1-3(8)2-5(7)9-4/h1-2H,6-7H2,(H2,8,9). The summed E-state index contributed by atoms with van der Waals surface area (Å²) in [7, 11) is 3.87. The Morgan fingerprint density at radius 2 is 1.67 bits per heavy atom. The third-order valence-electron chi connectivity index (χ3n) is 1.10. The molecule has 0 spiro atoms. The summed E-state index contributed by atoms with van der Waals surface area (Å²) in [6.07, 6.45) is 0. The maximum Gasteiger partial charge on any atom is 0.163 e. The van der Waals surface area contributed by atoms with Gasteiger partial charge in [-0.2, -0.15) is 0 Å². The van der Waals surface area contributed by atoms with E-state index in [4.69, 9.17) is 5.73 Å². The molecule has 44 valence electrons. The molecule has 0 bridgehead atoms. The number of hydrogen-bond donors (Lipinski definition) is 1. The molecule has 1 aromatic heterocycles. The van der Waals surface area contributed by atoms with E-state index in [1.807, 2.05) is 27.8 Å². The van der Waals surface area contributed by atoms with Crippen LogP contribution in [0.25, 0.3) is 0 Å². The van der Waals surface area contributed by atoms with Gasteiger partial charge >= 0.3 is 0 Å². The zero-order chi connectivity index (χ0) is 6.85. The van der Waals surface area contributed by atoms with Gasteiger partial charge in [0.05, 0.1) is 0 Å². The molecule has 0 fully saturated rings. The van der Waals surface area contributed by atoms with Crippen molar-refractivity contribution in [3.63, 3.8) is 0 Å². The lowest BCUT2D eigenvalue weighted by Crippen LogP contribution is -2.21. The second-order valence-electron chi connectivity index (χ2n) is 2.18. The third-order valence-corrected chi connectivity index (χ3v) is 1.10. The minimum atomic E-state index is 0.792. The van der Waals surface area contributed by atoms with Crippen molar-refractivity contribution in [2.24, 2.45) is 0 Å². The summed E-state index contributed by atoms with van der Waals surface area (Å²) in [4.78, 5) is 4.15. The molecule has 0 radical (unpaired) electrons. The molecule has 1 aromatic rings. The molecule has 0 aliphatic rings. The smallest absolute Gasteiger partial charge is 0.163 e. The van der Waals surface area contributed by atoms with Crippen molar-refractivity contribution >= 4 is 32.6 Å². The number of nitrogens with zero attached hydrogens (tertiary/aromatic N) is 1. The normalized spacial score (nSPS) is 9.33. The molecule has 0 amide bonds. The minimum absolute atomic E-state index is 0.792. The van der Waals surface area contributed by atoms with Crippen LogP contribution in [0.15, 0.2) is 12.1 Å². The summed E-state index contributed by atoms with van der Waals surface area (Å²) in [5, 5.41) is 0. The van der Waals surface area contributed by atoms with Crippen LogP contribution in [0.2, 0.25) is 0 Å². The first-order chi connectivity index (χ1) is 4.18. The van der Waals surface area contributed by atoms with Crippen molar-refractivity contribution in [2.45, 2.75) is 0 Å². The summed E-state index contributed by atoms with van der Waals surface area (Å²) in [6.45, 7) is 0. The van der Waals surface area contributed by atoms with Crippen LogP contribution in [-0.2, 0) is 0 Å². The Bertz CT molecular complexity index is 174. The highest BCUT2D eigenvalue weighted by Crippen LogP contribution is 1.89. The lowest BCUT2D eigenvalue weighted by Gasteiger charge is -1.96. The van der Waals surface area contributed by atoms with E-state index in [0.29, 0.717) is 0 Å². The molecule has 0 saturated carbocycles. The first-order valence-corrected chi connectivity index (χ1v) is 2.89. The van der Waals surface area contributed by atoms with E-state index in [1.54, 1.807) is 0 Å². The van der Waals surface area contributed by atoms with Crippen molar-refractivity contribution < 1.29 is 0 Å². The summed E-state index contributed by atoms with van der Waals surface area (Å²) < 4.78 is 0. The Kier molecular flexibility index (Phi) is 1.47. The Morgan fingerprint density at radius 1 is 1.22 bits per heavy atom. The van der Waals surface area contributed by atoms with Crippen molar-refractivity contribution in [1.29, 1.82) is 0 Å². The van der Waals surface area contributed by atoms with Gasteiger partial charge in [0.1, 0.15) is 0 Å².